The van der Waals surface area contributed by atoms with Crippen molar-refractivity contribution in [2.75, 3.05) is 11.5 Å². The summed E-state index contributed by atoms with van der Waals surface area (Å²) < 4.78 is 2.59. The van der Waals surface area contributed by atoms with E-state index in [0.717, 1.165) is 12.5 Å². The molecule has 2 nitrogen and oxygen atoms in total. The summed E-state index contributed by atoms with van der Waals surface area (Å²) in [7, 11) is 0. The first-order valence-electron chi connectivity index (χ1n) is 6.31. The van der Waals surface area contributed by atoms with E-state index in [-0.39, 0.29) is 6.04 Å². The maximum absolute atomic E-state index is 6.21. The SMILES string of the molecule is Cc1cc2c(n1C1CCSC1)CCCC2N. The van der Waals surface area contributed by atoms with E-state index in [9.17, 15) is 0 Å². The van der Waals surface area contributed by atoms with Gasteiger partial charge in [0.05, 0.1) is 0 Å². The highest BCUT2D eigenvalue weighted by atomic mass is 32.2. The molecule has 2 unspecified atom stereocenters. The van der Waals surface area contributed by atoms with Crippen molar-refractivity contribution in [3.05, 3.63) is 23.0 Å². The molecule has 2 N–H and O–H groups in total. The first kappa shape index (κ1) is 10.7. The summed E-state index contributed by atoms with van der Waals surface area (Å²) in [6, 6.07) is 3.36. The van der Waals surface area contributed by atoms with E-state index in [2.05, 4.69) is 29.3 Å². The van der Waals surface area contributed by atoms with E-state index in [1.807, 2.05) is 0 Å². The molecule has 0 saturated carbocycles. The van der Waals surface area contributed by atoms with Crippen molar-refractivity contribution in [1.82, 2.24) is 4.57 Å². The van der Waals surface area contributed by atoms with Crippen LogP contribution >= 0.6 is 11.8 Å². The largest absolute Gasteiger partial charge is 0.345 e. The minimum atomic E-state index is 0.290. The van der Waals surface area contributed by atoms with E-state index in [1.54, 1.807) is 5.69 Å². The molecule has 1 fully saturated rings. The zero-order valence-corrected chi connectivity index (χ0v) is 10.7. The summed E-state index contributed by atoms with van der Waals surface area (Å²) in [5.74, 6) is 2.61. The third-order valence-corrected chi connectivity index (χ3v) is 5.11. The molecule has 2 aliphatic rings. The van der Waals surface area contributed by atoms with Gasteiger partial charge in [-0.05, 0) is 50.0 Å². The molecule has 88 valence electrons. The van der Waals surface area contributed by atoms with Crippen LogP contribution in [0.4, 0.5) is 0 Å². The quantitative estimate of drug-likeness (QED) is 0.813. The van der Waals surface area contributed by atoms with Crippen molar-refractivity contribution in [1.29, 1.82) is 0 Å². The summed E-state index contributed by atoms with van der Waals surface area (Å²) >= 11 is 2.09. The second-order valence-electron chi connectivity index (χ2n) is 5.07. The summed E-state index contributed by atoms with van der Waals surface area (Å²) in [4.78, 5) is 0. The Kier molecular flexibility index (Phi) is 2.76. The molecule has 1 aliphatic carbocycles. The average molecular weight is 236 g/mol. The Bertz CT molecular complexity index is 391. The molecule has 0 spiro atoms. The van der Waals surface area contributed by atoms with Gasteiger partial charge in [-0.1, -0.05) is 0 Å². The van der Waals surface area contributed by atoms with E-state index in [0.29, 0.717) is 0 Å². The smallest absolute Gasteiger partial charge is 0.0434 e. The van der Waals surface area contributed by atoms with Crippen LogP contribution in [0.15, 0.2) is 6.07 Å². The number of hydrogen-bond donors (Lipinski definition) is 1. The van der Waals surface area contributed by atoms with Gasteiger partial charge in [-0.3, -0.25) is 0 Å². The van der Waals surface area contributed by atoms with Crippen molar-refractivity contribution < 1.29 is 0 Å². The van der Waals surface area contributed by atoms with Gasteiger partial charge in [-0.25, -0.2) is 0 Å². The molecular weight excluding hydrogens is 216 g/mol. The molecule has 1 aromatic rings. The lowest BCUT2D eigenvalue weighted by Crippen LogP contribution is -2.20. The fourth-order valence-corrected chi connectivity index (χ4v) is 4.39. The van der Waals surface area contributed by atoms with Gasteiger partial charge in [-0.2, -0.15) is 11.8 Å². The number of nitrogens with two attached hydrogens (primary N) is 1. The zero-order chi connectivity index (χ0) is 11.1. The maximum Gasteiger partial charge on any atom is 0.0434 e. The number of aromatic nitrogens is 1. The van der Waals surface area contributed by atoms with E-state index in [4.69, 9.17) is 5.73 Å². The van der Waals surface area contributed by atoms with Crippen LogP contribution in [0.2, 0.25) is 0 Å². The molecule has 1 aromatic heterocycles. The molecule has 3 rings (SSSR count). The fourth-order valence-electron chi connectivity index (χ4n) is 3.19. The molecule has 0 radical (unpaired) electrons. The van der Waals surface area contributed by atoms with Crippen LogP contribution in [0, 0.1) is 6.92 Å². The summed E-state index contributed by atoms with van der Waals surface area (Å²) in [6.07, 6.45) is 4.99. The Morgan fingerprint density at radius 1 is 1.44 bits per heavy atom. The van der Waals surface area contributed by atoms with Crippen LogP contribution in [0.3, 0.4) is 0 Å². The van der Waals surface area contributed by atoms with Gasteiger partial charge in [0.2, 0.25) is 0 Å². The van der Waals surface area contributed by atoms with Crippen molar-refractivity contribution >= 4 is 11.8 Å². The topological polar surface area (TPSA) is 30.9 Å². The Balaban J connectivity index is 2.03. The minimum Gasteiger partial charge on any atom is -0.345 e. The van der Waals surface area contributed by atoms with Crippen molar-refractivity contribution in [3.63, 3.8) is 0 Å². The third-order valence-electron chi connectivity index (χ3n) is 3.97. The van der Waals surface area contributed by atoms with Crippen molar-refractivity contribution in [2.24, 2.45) is 5.73 Å². The highest BCUT2D eigenvalue weighted by molar-refractivity contribution is 7.99. The number of nitrogens with zero attached hydrogens (tertiary/aromatic N) is 1. The lowest BCUT2D eigenvalue weighted by Gasteiger charge is -2.24. The average Bonchev–Trinajstić information content (AvgIpc) is 2.85. The van der Waals surface area contributed by atoms with Gasteiger partial charge >= 0.3 is 0 Å². The maximum atomic E-state index is 6.21. The number of aryl methyl sites for hydroxylation is 1. The molecule has 0 bridgehead atoms. The van der Waals surface area contributed by atoms with Gasteiger partial charge in [0.25, 0.3) is 0 Å². The molecule has 0 aromatic carbocycles. The highest BCUT2D eigenvalue weighted by Gasteiger charge is 2.27. The second-order valence-corrected chi connectivity index (χ2v) is 6.22. The highest BCUT2D eigenvalue weighted by Crippen LogP contribution is 2.37. The van der Waals surface area contributed by atoms with Crippen LogP contribution < -0.4 is 5.73 Å². The molecule has 3 heteroatoms. The number of hydrogen-bond acceptors (Lipinski definition) is 2. The van der Waals surface area contributed by atoms with Crippen molar-refractivity contribution in [2.45, 2.75) is 44.7 Å². The Labute approximate surface area is 102 Å². The summed E-state index contributed by atoms with van der Waals surface area (Å²) in [6.45, 7) is 2.24. The first-order chi connectivity index (χ1) is 7.77. The van der Waals surface area contributed by atoms with E-state index >= 15 is 0 Å². The van der Waals surface area contributed by atoms with Crippen LogP contribution in [-0.2, 0) is 6.42 Å². The lowest BCUT2D eigenvalue weighted by molar-refractivity contribution is 0.492. The van der Waals surface area contributed by atoms with Crippen LogP contribution in [-0.4, -0.2) is 16.1 Å². The van der Waals surface area contributed by atoms with Gasteiger partial charge in [0, 0.05) is 29.2 Å². The zero-order valence-electron chi connectivity index (χ0n) is 9.91. The van der Waals surface area contributed by atoms with E-state index < -0.39 is 0 Å². The third kappa shape index (κ3) is 1.61. The predicted octanol–water partition coefficient (Wildman–Crippen LogP) is 2.81. The van der Waals surface area contributed by atoms with Gasteiger partial charge < -0.3 is 10.3 Å². The normalized spacial score (nSPS) is 29.4. The van der Waals surface area contributed by atoms with Crippen molar-refractivity contribution in [3.8, 4) is 0 Å². The van der Waals surface area contributed by atoms with Gasteiger partial charge in [-0.15, -0.1) is 0 Å². The second kappa shape index (κ2) is 4.11. The Hall–Kier alpha value is -0.410. The van der Waals surface area contributed by atoms with Crippen LogP contribution in [0.5, 0.6) is 0 Å². The van der Waals surface area contributed by atoms with Gasteiger partial charge in [0.15, 0.2) is 0 Å². The minimum absolute atomic E-state index is 0.290. The molecule has 16 heavy (non-hydrogen) atoms. The Morgan fingerprint density at radius 3 is 3.06 bits per heavy atom. The molecule has 1 saturated heterocycles. The number of fused-ring (bicyclic) bond motifs is 1. The number of thioether (sulfide) groups is 1. The molecule has 2 heterocycles. The summed E-state index contributed by atoms with van der Waals surface area (Å²) in [5, 5.41) is 0. The number of rotatable bonds is 1. The monoisotopic (exact) mass is 236 g/mol. The first-order valence-corrected chi connectivity index (χ1v) is 7.47. The predicted molar refractivity (Wildman–Crippen MR) is 70.0 cm³/mol. The molecular formula is C13H20N2S. The molecule has 2 atom stereocenters. The summed E-state index contributed by atoms with van der Waals surface area (Å²) in [5.41, 5.74) is 10.6. The molecule has 0 amide bonds. The van der Waals surface area contributed by atoms with Crippen LogP contribution in [0.25, 0.3) is 0 Å². The van der Waals surface area contributed by atoms with E-state index in [1.165, 1.54) is 42.0 Å². The standard InChI is InChI=1S/C13H20N2S/c1-9-7-11-12(14)3-2-4-13(11)15(9)10-5-6-16-8-10/h7,10,12H,2-6,8,14H2,1H3. The fraction of sp³-hybridized carbons (Fsp3) is 0.692. The Morgan fingerprint density at radius 2 is 2.31 bits per heavy atom. The van der Waals surface area contributed by atoms with Crippen LogP contribution in [0.1, 0.15) is 48.3 Å². The molecule has 1 aliphatic heterocycles. The van der Waals surface area contributed by atoms with Gasteiger partial charge in [0.1, 0.15) is 0 Å². The lowest BCUT2D eigenvalue weighted by atomic mass is 9.93.